The Balaban J connectivity index is 2.93. The Morgan fingerprint density at radius 1 is 1.50 bits per heavy atom. The van der Waals surface area contributed by atoms with Crippen LogP contribution < -0.4 is 4.90 Å². The first-order valence-electron chi connectivity index (χ1n) is 5.18. The van der Waals surface area contributed by atoms with E-state index in [2.05, 4.69) is 0 Å². The molecule has 1 aromatic rings. The number of nitrogens with zero attached hydrogens (tertiary/aromatic N) is 3. The van der Waals surface area contributed by atoms with Gasteiger partial charge in [0.15, 0.2) is 0 Å². The normalized spacial score (nSPS) is 9.89. The summed E-state index contributed by atoms with van der Waals surface area (Å²) in [6.45, 7) is 0.911. The highest BCUT2D eigenvalue weighted by atomic mass is 16.6. The van der Waals surface area contributed by atoms with Gasteiger partial charge in [0, 0.05) is 12.0 Å². The molecule has 0 bridgehead atoms. The van der Waals surface area contributed by atoms with Gasteiger partial charge in [-0.25, -0.2) is 0 Å². The smallest absolute Gasteiger partial charge is 0.240 e. The third kappa shape index (κ3) is 3.04. The van der Waals surface area contributed by atoms with E-state index in [4.69, 9.17) is 5.26 Å². The number of rotatable bonds is 4. The van der Waals surface area contributed by atoms with Gasteiger partial charge in [0.25, 0.3) is 0 Å². The molecule has 0 aliphatic carbocycles. The van der Waals surface area contributed by atoms with Crippen LogP contribution >= 0.6 is 0 Å². The topological polar surface area (TPSA) is 87.2 Å². The highest BCUT2D eigenvalue weighted by Gasteiger charge is 2.25. The standard InChI is InChI=1S/C12H12N3O3/c1-9(8-15(17)18)12(16)14(2)11-6-4-3-5-10(11)7-13/h3-6H,8H2,1-2H3. The summed E-state index contributed by atoms with van der Waals surface area (Å²) in [5.41, 5.74) is 0.787. The van der Waals surface area contributed by atoms with Crippen LogP contribution in [0.5, 0.6) is 0 Å². The molecule has 6 heteroatoms. The van der Waals surface area contributed by atoms with Gasteiger partial charge in [-0.1, -0.05) is 12.1 Å². The van der Waals surface area contributed by atoms with Crippen LogP contribution in [0.2, 0.25) is 0 Å². The molecule has 0 heterocycles. The summed E-state index contributed by atoms with van der Waals surface area (Å²) in [4.78, 5) is 23.0. The minimum Gasteiger partial charge on any atom is -0.313 e. The van der Waals surface area contributed by atoms with Crippen LogP contribution in [-0.4, -0.2) is 24.4 Å². The number of anilines is 1. The van der Waals surface area contributed by atoms with Crippen LogP contribution in [0.25, 0.3) is 0 Å². The number of hydrogen-bond acceptors (Lipinski definition) is 4. The number of para-hydroxylation sites is 1. The first kappa shape index (κ1) is 13.6. The van der Waals surface area contributed by atoms with Crippen molar-refractivity contribution < 1.29 is 9.72 Å². The second-order valence-electron chi connectivity index (χ2n) is 3.76. The van der Waals surface area contributed by atoms with Crippen molar-refractivity contribution in [2.75, 3.05) is 18.5 Å². The Morgan fingerprint density at radius 2 is 2.11 bits per heavy atom. The van der Waals surface area contributed by atoms with E-state index in [0.717, 1.165) is 0 Å². The van der Waals surface area contributed by atoms with E-state index in [1.165, 1.54) is 18.9 Å². The maximum atomic E-state index is 11.9. The largest absolute Gasteiger partial charge is 0.313 e. The van der Waals surface area contributed by atoms with E-state index in [1.54, 1.807) is 24.3 Å². The van der Waals surface area contributed by atoms with Crippen LogP contribution in [0.1, 0.15) is 12.5 Å². The van der Waals surface area contributed by atoms with E-state index >= 15 is 0 Å². The lowest BCUT2D eigenvalue weighted by Crippen LogP contribution is -2.34. The van der Waals surface area contributed by atoms with Crippen molar-refractivity contribution >= 4 is 11.6 Å². The number of nitriles is 1. The van der Waals surface area contributed by atoms with E-state index in [-0.39, 0.29) is 5.92 Å². The molecule has 0 atom stereocenters. The van der Waals surface area contributed by atoms with Crippen LogP contribution in [0, 0.1) is 27.4 Å². The summed E-state index contributed by atoms with van der Waals surface area (Å²) < 4.78 is 0. The fourth-order valence-electron chi connectivity index (χ4n) is 1.52. The zero-order chi connectivity index (χ0) is 13.7. The molecule has 0 aromatic heterocycles. The van der Waals surface area contributed by atoms with E-state index in [0.29, 0.717) is 11.3 Å². The summed E-state index contributed by atoms with van der Waals surface area (Å²) in [7, 11) is 1.49. The lowest BCUT2D eigenvalue weighted by molar-refractivity contribution is -0.474. The molecular weight excluding hydrogens is 234 g/mol. The molecule has 1 aromatic carbocycles. The van der Waals surface area contributed by atoms with Gasteiger partial charge in [0.05, 0.1) is 11.3 Å². The molecule has 1 radical (unpaired) electrons. The monoisotopic (exact) mass is 246 g/mol. The maximum absolute atomic E-state index is 11.9. The minimum absolute atomic E-state index is 0.121. The number of benzene rings is 1. The lowest BCUT2D eigenvalue weighted by Gasteiger charge is -2.20. The van der Waals surface area contributed by atoms with Crippen molar-refractivity contribution in [3.05, 3.63) is 45.9 Å². The average Bonchev–Trinajstić information content (AvgIpc) is 2.36. The van der Waals surface area contributed by atoms with Gasteiger partial charge < -0.3 is 4.90 Å². The molecule has 93 valence electrons. The SMILES string of the molecule is C[C](C[N+](=O)[O-])C(=O)N(C)c1ccccc1C#N. The van der Waals surface area contributed by atoms with Gasteiger partial charge in [0.2, 0.25) is 12.5 Å². The Kier molecular flexibility index (Phi) is 4.38. The zero-order valence-electron chi connectivity index (χ0n) is 10.1. The van der Waals surface area contributed by atoms with Crippen molar-refractivity contribution in [1.29, 1.82) is 5.26 Å². The van der Waals surface area contributed by atoms with Crippen molar-refractivity contribution in [3.63, 3.8) is 0 Å². The molecule has 1 rings (SSSR count). The Labute approximate surface area is 105 Å². The first-order chi connectivity index (χ1) is 8.47. The minimum atomic E-state index is -0.558. The van der Waals surface area contributed by atoms with Gasteiger partial charge >= 0.3 is 0 Å². The Morgan fingerprint density at radius 3 is 2.67 bits per heavy atom. The zero-order valence-corrected chi connectivity index (χ0v) is 10.1. The molecule has 0 aliphatic rings. The second-order valence-corrected chi connectivity index (χ2v) is 3.76. The molecule has 0 spiro atoms. The Hall–Kier alpha value is -2.42. The summed E-state index contributed by atoms with van der Waals surface area (Å²) in [6, 6.07) is 8.57. The van der Waals surface area contributed by atoms with Crippen LogP contribution in [0.3, 0.4) is 0 Å². The summed E-state index contributed by atoms with van der Waals surface area (Å²) in [5, 5.41) is 19.3. The van der Waals surface area contributed by atoms with Crippen LogP contribution in [0.4, 0.5) is 5.69 Å². The van der Waals surface area contributed by atoms with Gasteiger partial charge in [-0.3, -0.25) is 14.9 Å². The third-order valence-electron chi connectivity index (χ3n) is 2.42. The van der Waals surface area contributed by atoms with Gasteiger partial charge in [-0.15, -0.1) is 0 Å². The first-order valence-corrected chi connectivity index (χ1v) is 5.18. The molecule has 0 saturated heterocycles. The van der Waals surface area contributed by atoms with Crippen LogP contribution in [0.15, 0.2) is 24.3 Å². The van der Waals surface area contributed by atoms with E-state index < -0.39 is 17.4 Å². The molecule has 1 amide bonds. The Bertz CT molecular complexity index is 508. The highest BCUT2D eigenvalue weighted by Crippen LogP contribution is 2.20. The quantitative estimate of drug-likeness (QED) is 0.593. The summed E-state index contributed by atoms with van der Waals surface area (Å²) in [5.74, 6) is -0.343. The van der Waals surface area contributed by atoms with E-state index in [1.807, 2.05) is 6.07 Å². The molecule has 0 N–H and O–H groups in total. The van der Waals surface area contributed by atoms with Crippen molar-refractivity contribution in [3.8, 4) is 6.07 Å². The third-order valence-corrected chi connectivity index (χ3v) is 2.42. The van der Waals surface area contributed by atoms with Crippen molar-refractivity contribution in [1.82, 2.24) is 0 Å². The molecule has 6 nitrogen and oxygen atoms in total. The van der Waals surface area contributed by atoms with Gasteiger partial charge in [-0.2, -0.15) is 5.26 Å². The van der Waals surface area contributed by atoms with Crippen LogP contribution in [-0.2, 0) is 4.79 Å². The molecular formula is C12H12N3O3. The molecule has 18 heavy (non-hydrogen) atoms. The maximum Gasteiger partial charge on any atom is 0.240 e. The fraction of sp³-hybridized carbons (Fsp3) is 0.250. The number of carbonyl (C=O) groups is 1. The molecule has 0 fully saturated rings. The van der Waals surface area contributed by atoms with Gasteiger partial charge in [-0.05, 0) is 19.1 Å². The molecule has 0 aliphatic heterocycles. The second kappa shape index (κ2) is 5.77. The van der Waals surface area contributed by atoms with Crippen molar-refractivity contribution in [2.24, 2.45) is 0 Å². The summed E-state index contributed by atoms with van der Waals surface area (Å²) in [6.07, 6.45) is 0. The fourth-order valence-corrected chi connectivity index (χ4v) is 1.52. The summed E-state index contributed by atoms with van der Waals surface area (Å²) >= 11 is 0. The predicted octanol–water partition coefficient (Wildman–Crippen LogP) is 1.39. The number of amides is 1. The number of nitro groups is 1. The number of hydrogen-bond donors (Lipinski definition) is 0. The highest BCUT2D eigenvalue weighted by molar-refractivity contribution is 6.03. The van der Waals surface area contributed by atoms with Crippen molar-refractivity contribution in [2.45, 2.75) is 6.92 Å². The number of carbonyl (C=O) groups excluding carboxylic acids is 1. The molecule has 0 saturated carbocycles. The van der Waals surface area contributed by atoms with Gasteiger partial charge in [0.1, 0.15) is 12.0 Å². The van der Waals surface area contributed by atoms with E-state index in [9.17, 15) is 14.9 Å². The molecule has 0 unspecified atom stereocenters. The average molecular weight is 246 g/mol. The predicted molar refractivity (Wildman–Crippen MR) is 65.3 cm³/mol. The lowest BCUT2D eigenvalue weighted by atomic mass is 10.1.